The topological polar surface area (TPSA) is 79.4 Å². The molecule has 3 rings (SSSR count). The maximum atomic E-state index is 13.2. The summed E-state index contributed by atoms with van der Waals surface area (Å²) < 4.78 is 40.3. The minimum absolute atomic E-state index is 0.0992. The molecule has 144 valence electrons. The van der Waals surface area contributed by atoms with Crippen LogP contribution < -0.4 is 9.62 Å². The van der Waals surface area contributed by atoms with Crippen LogP contribution in [0.4, 0.5) is 10.1 Å². The van der Waals surface area contributed by atoms with E-state index in [4.69, 9.17) is 0 Å². The molecule has 28 heavy (non-hydrogen) atoms. The summed E-state index contributed by atoms with van der Waals surface area (Å²) in [6.07, 6.45) is 3.24. The van der Waals surface area contributed by atoms with Crippen LogP contribution in [0.2, 0.25) is 0 Å². The Morgan fingerprint density at radius 3 is 2.36 bits per heavy atom. The van der Waals surface area contributed by atoms with Crippen molar-refractivity contribution >= 4 is 21.6 Å². The second kappa shape index (κ2) is 8.62. The molecule has 0 saturated heterocycles. The first-order valence-electron chi connectivity index (χ1n) is 8.46. The van der Waals surface area contributed by atoms with Crippen molar-refractivity contribution in [2.24, 2.45) is 0 Å². The van der Waals surface area contributed by atoms with E-state index in [-0.39, 0.29) is 11.4 Å². The average molecular weight is 399 g/mol. The number of nitrogens with zero attached hydrogens (tertiary/aromatic N) is 2. The molecule has 0 saturated carbocycles. The van der Waals surface area contributed by atoms with Crippen LogP contribution in [0.1, 0.15) is 5.56 Å². The van der Waals surface area contributed by atoms with Gasteiger partial charge in [-0.2, -0.15) is 0 Å². The third-order valence-electron chi connectivity index (χ3n) is 3.95. The number of hydrogen-bond donors (Lipinski definition) is 1. The van der Waals surface area contributed by atoms with Gasteiger partial charge in [0.2, 0.25) is 5.91 Å². The van der Waals surface area contributed by atoms with E-state index >= 15 is 0 Å². The molecule has 0 aliphatic carbocycles. The van der Waals surface area contributed by atoms with E-state index < -0.39 is 28.3 Å². The molecule has 0 fully saturated rings. The highest BCUT2D eigenvalue weighted by atomic mass is 32.2. The van der Waals surface area contributed by atoms with Gasteiger partial charge in [0, 0.05) is 18.9 Å². The van der Waals surface area contributed by atoms with E-state index in [1.165, 1.54) is 12.1 Å². The molecule has 3 aromatic rings. The number of carbonyl (C=O) groups excluding carboxylic acids is 1. The highest BCUT2D eigenvalue weighted by Gasteiger charge is 2.27. The zero-order valence-corrected chi connectivity index (χ0v) is 15.6. The first-order valence-corrected chi connectivity index (χ1v) is 9.90. The number of halogens is 1. The lowest BCUT2D eigenvalue weighted by molar-refractivity contribution is -0.119. The van der Waals surface area contributed by atoms with Crippen molar-refractivity contribution < 1.29 is 17.6 Å². The second-order valence-electron chi connectivity index (χ2n) is 5.94. The van der Waals surface area contributed by atoms with Crippen molar-refractivity contribution in [1.29, 1.82) is 0 Å². The molecule has 1 aromatic heterocycles. The third kappa shape index (κ3) is 4.72. The predicted molar refractivity (Wildman–Crippen MR) is 103 cm³/mol. The summed E-state index contributed by atoms with van der Waals surface area (Å²) in [5.41, 5.74) is 1.13. The average Bonchev–Trinajstić information content (AvgIpc) is 2.72. The Morgan fingerprint density at radius 1 is 1.00 bits per heavy atom. The van der Waals surface area contributed by atoms with Gasteiger partial charge >= 0.3 is 0 Å². The Balaban J connectivity index is 1.83. The van der Waals surface area contributed by atoms with E-state index in [1.807, 2.05) is 0 Å². The summed E-state index contributed by atoms with van der Waals surface area (Å²) in [7, 11) is -4.06. The second-order valence-corrected chi connectivity index (χ2v) is 7.80. The van der Waals surface area contributed by atoms with Crippen LogP contribution >= 0.6 is 0 Å². The minimum Gasteiger partial charge on any atom is -0.350 e. The molecule has 0 spiro atoms. The van der Waals surface area contributed by atoms with E-state index in [0.717, 1.165) is 22.0 Å². The zero-order chi connectivity index (χ0) is 20.0. The number of nitrogens with one attached hydrogen (secondary N) is 1. The van der Waals surface area contributed by atoms with Crippen LogP contribution in [-0.2, 0) is 21.4 Å². The number of carbonyl (C=O) groups is 1. The molecule has 1 amide bonds. The van der Waals surface area contributed by atoms with Crippen molar-refractivity contribution in [2.75, 3.05) is 10.8 Å². The van der Waals surface area contributed by atoms with Gasteiger partial charge < -0.3 is 5.32 Å². The van der Waals surface area contributed by atoms with Gasteiger partial charge in [0.05, 0.1) is 10.6 Å². The van der Waals surface area contributed by atoms with Gasteiger partial charge in [0.1, 0.15) is 12.4 Å². The Labute approximate surface area is 162 Å². The highest BCUT2D eigenvalue weighted by molar-refractivity contribution is 7.92. The molecule has 0 unspecified atom stereocenters. The molecule has 0 aliphatic heterocycles. The Hall–Kier alpha value is -3.26. The first-order chi connectivity index (χ1) is 13.5. The monoisotopic (exact) mass is 399 g/mol. The molecule has 1 heterocycles. The maximum absolute atomic E-state index is 13.2. The first kappa shape index (κ1) is 19.5. The molecule has 1 N–H and O–H groups in total. The van der Waals surface area contributed by atoms with Gasteiger partial charge in [0.15, 0.2) is 0 Å². The Kier molecular flexibility index (Phi) is 6.00. The molecular weight excluding hydrogens is 381 g/mol. The van der Waals surface area contributed by atoms with Crippen molar-refractivity contribution in [2.45, 2.75) is 11.4 Å². The fourth-order valence-electron chi connectivity index (χ4n) is 2.53. The van der Waals surface area contributed by atoms with Gasteiger partial charge in [-0.15, -0.1) is 0 Å². The number of anilines is 1. The predicted octanol–water partition coefficient (Wildman–Crippen LogP) is 2.73. The highest BCUT2D eigenvalue weighted by Crippen LogP contribution is 2.23. The quantitative estimate of drug-likeness (QED) is 0.663. The summed E-state index contributed by atoms with van der Waals surface area (Å²) in [6.45, 7) is -0.185. The molecule has 0 aliphatic rings. The van der Waals surface area contributed by atoms with Crippen LogP contribution in [0.3, 0.4) is 0 Å². The van der Waals surface area contributed by atoms with Crippen LogP contribution in [-0.4, -0.2) is 25.9 Å². The van der Waals surface area contributed by atoms with Gasteiger partial charge in [-0.3, -0.25) is 14.1 Å². The van der Waals surface area contributed by atoms with Gasteiger partial charge in [0.25, 0.3) is 10.0 Å². The lowest BCUT2D eigenvalue weighted by Crippen LogP contribution is -2.40. The Bertz CT molecular complexity index is 1030. The van der Waals surface area contributed by atoms with E-state index in [1.54, 1.807) is 54.9 Å². The smallest absolute Gasteiger partial charge is 0.264 e. The summed E-state index contributed by atoms with van der Waals surface area (Å²) >= 11 is 0. The van der Waals surface area contributed by atoms with Crippen molar-refractivity contribution in [1.82, 2.24) is 10.3 Å². The fraction of sp³-hybridized carbons (Fsp3) is 0.100. The summed E-state index contributed by atoms with van der Waals surface area (Å²) in [5.74, 6) is -1.02. The van der Waals surface area contributed by atoms with Crippen molar-refractivity contribution in [3.05, 3.63) is 90.5 Å². The normalized spacial score (nSPS) is 11.0. The lowest BCUT2D eigenvalue weighted by Gasteiger charge is -2.24. The van der Waals surface area contributed by atoms with E-state index in [9.17, 15) is 17.6 Å². The number of rotatable bonds is 7. The SMILES string of the molecule is O=C(CN(c1ccccc1)S(=O)(=O)c1ccc(F)cc1)NCc1cccnc1. The number of aromatic nitrogens is 1. The molecule has 6 nitrogen and oxygen atoms in total. The van der Waals surface area contributed by atoms with E-state index in [0.29, 0.717) is 5.69 Å². The van der Waals surface area contributed by atoms with Gasteiger partial charge in [-0.1, -0.05) is 24.3 Å². The summed E-state index contributed by atoms with van der Waals surface area (Å²) in [4.78, 5) is 16.3. The third-order valence-corrected chi connectivity index (χ3v) is 5.73. The summed E-state index contributed by atoms with van der Waals surface area (Å²) in [6, 6.07) is 16.3. The molecule has 0 bridgehead atoms. The molecule has 2 aromatic carbocycles. The van der Waals surface area contributed by atoms with Crippen LogP contribution in [0.5, 0.6) is 0 Å². The number of benzene rings is 2. The molecule has 0 radical (unpaired) electrons. The Morgan fingerprint density at radius 2 is 1.71 bits per heavy atom. The fourth-order valence-corrected chi connectivity index (χ4v) is 3.95. The van der Waals surface area contributed by atoms with Gasteiger partial charge in [-0.05, 0) is 48.0 Å². The standard InChI is InChI=1S/C20H18FN3O3S/c21-17-8-10-19(11-9-17)28(26,27)24(18-6-2-1-3-7-18)15-20(25)23-14-16-5-4-12-22-13-16/h1-13H,14-15H2,(H,23,25). The van der Waals surface area contributed by atoms with Gasteiger partial charge in [-0.25, -0.2) is 12.8 Å². The van der Waals surface area contributed by atoms with Crippen LogP contribution in [0.25, 0.3) is 0 Å². The molecular formula is C20H18FN3O3S. The van der Waals surface area contributed by atoms with Crippen molar-refractivity contribution in [3.8, 4) is 0 Å². The minimum atomic E-state index is -4.06. The number of pyridine rings is 1. The molecule has 0 atom stereocenters. The van der Waals surface area contributed by atoms with Crippen LogP contribution in [0.15, 0.2) is 84.0 Å². The molecule has 8 heteroatoms. The maximum Gasteiger partial charge on any atom is 0.264 e. The number of sulfonamides is 1. The largest absolute Gasteiger partial charge is 0.350 e. The summed E-state index contributed by atoms with van der Waals surface area (Å²) in [5, 5.41) is 2.69. The zero-order valence-electron chi connectivity index (χ0n) is 14.8. The number of amides is 1. The van der Waals surface area contributed by atoms with Crippen molar-refractivity contribution in [3.63, 3.8) is 0 Å². The lowest BCUT2D eigenvalue weighted by atomic mass is 10.3. The van der Waals surface area contributed by atoms with E-state index in [2.05, 4.69) is 10.3 Å². The number of para-hydroxylation sites is 1. The van der Waals surface area contributed by atoms with Crippen LogP contribution in [0, 0.1) is 5.82 Å². The number of hydrogen-bond acceptors (Lipinski definition) is 4.